The lowest BCUT2D eigenvalue weighted by Gasteiger charge is -2.10. The Hall–Kier alpha value is -1.62. The minimum atomic E-state index is -0.0865. The number of nitrogens with zero attached hydrogens (tertiary/aromatic N) is 2. The number of nitrogens with one attached hydrogen (secondary N) is 1. The second-order valence-electron chi connectivity index (χ2n) is 4.56. The van der Waals surface area contributed by atoms with Crippen molar-refractivity contribution in [2.24, 2.45) is 0 Å². The molecule has 0 saturated carbocycles. The highest BCUT2D eigenvalue weighted by atomic mass is 79.9. The number of benzene rings is 1. The van der Waals surface area contributed by atoms with E-state index < -0.39 is 0 Å². The number of hydrogen-bond acceptors (Lipinski definition) is 3. The van der Waals surface area contributed by atoms with E-state index in [1.807, 2.05) is 25.1 Å². The van der Waals surface area contributed by atoms with Gasteiger partial charge < -0.3 is 5.32 Å². The maximum absolute atomic E-state index is 12.0. The Kier molecular flexibility index (Phi) is 5.35. The summed E-state index contributed by atoms with van der Waals surface area (Å²) in [5.74, 6) is 0. The van der Waals surface area contributed by atoms with Crippen molar-refractivity contribution < 1.29 is 0 Å². The molecule has 0 amide bonds. The summed E-state index contributed by atoms with van der Waals surface area (Å²) in [6.07, 6.45) is 3.50. The van der Waals surface area contributed by atoms with Crippen LogP contribution in [0.25, 0.3) is 0 Å². The average molecular weight is 336 g/mol. The van der Waals surface area contributed by atoms with Crippen LogP contribution in [0, 0.1) is 0 Å². The van der Waals surface area contributed by atoms with Gasteiger partial charge in [-0.1, -0.05) is 37.3 Å². The average Bonchev–Trinajstić information content (AvgIpc) is 2.48. The molecule has 5 heteroatoms. The first-order valence-electron chi connectivity index (χ1n) is 6.75. The summed E-state index contributed by atoms with van der Waals surface area (Å²) in [5.41, 5.74) is 1.93. The summed E-state index contributed by atoms with van der Waals surface area (Å²) >= 11 is 3.35. The van der Waals surface area contributed by atoms with Crippen molar-refractivity contribution in [3.8, 4) is 0 Å². The molecule has 1 aromatic carbocycles. The number of anilines is 1. The van der Waals surface area contributed by atoms with Gasteiger partial charge in [-0.05, 0) is 34.3 Å². The van der Waals surface area contributed by atoms with E-state index in [1.54, 1.807) is 6.20 Å². The van der Waals surface area contributed by atoms with E-state index in [2.05, 4.69) is 38.5 Å². The quantitative estimate of drug-likeness (QED) is 0.882. The third kappa shape index (κ3) is 3.70. The normalized spacial score (nSPS) is 10.5. The molecule has 2 aromatic rings. The molecule has 0 aliphatic heterocycles. The highest BCUT2D eigenvalue weighted by Crippen LogP contribution is 2.16. The SMILES string of the molecule is CCCn1ncc(NCCc2ccccc2)c(Br)c1=O. The van der Waals surface area contributed by atoms with Gasteiger partial charge in [-0.3, -0.25) is 4.79 Å². The molecule has 1 N–H and O–H groups in total. The largest absolute Gasteiger partial charge is 0.382 e. The van der Waals surface area contributed by atoms with Crippen LogP contribution in [0.2, 0.25) is 0 Å². The van der Waals surface area contributed by atoms with E-state index in [4.69, 9.17) is 0 Å². The highest BCUT2D eigenvalue weighted by molar-refractivity contribution is 9.10. The lowest BCUT2D eigenvalue weighted by Crippen LogP contribution is -2.24. The maximum atomic E-state index is 12.0. The molecule has 1 aromatic heterocycles. The molecule has 0 saturated heterocycles. The highest BCUT2D eigenvalue weighted by Gasteiger charge is 2.07. The van der Waals surface area contributed by atoms with Crippen LogP contribution in [0.15, 0.2) is 45.8 Å². The molecule has 1 heterocycles. The summed E-state index contributed by atoms with van der Waals surface area (Å²) in [6, 6.07) is 10.2. The van der Waals surface area contributed by atoms with E-state index >= 15 is 0 Å². The second kappa shape index (κ2) is 7.24. The summed E-state index contributed by atoms with van der Waals surface area (Å²) < 4.78 is 2.03. The molecular weight excluding hydrogens is 318 g/mol. The van der Waals surface area contributed by atoms with Crippen molar-refractivity contribution in [1.82, 2.24) is 9.78 Å². The van der Waals surface area contributed by atoms with Crippen LogP contribution in [0.1, 0.15) is 18.9 Å². The van der Waals surface area contributed by atoms with Gasteiger partial charge in [0.05, 0.1) is 11.9 Å². The Morgan fingerprint density at radius 3 is 2.75 bits per heavy atom. The number of aryl methyl sites for hydroxylation is 1. The van der Waals surface area contributed by atoms with Crippen molar-refractivity contribution in [2.45, 2.75) is 26.3 Å². The smallest absolute Gasteiger partial charge is 0.283 e. The van der Waals surface area contributed by atoms with Crippen LogP contribution in [0.3, 0.4) is 0 Å². The van der Waals surface area contributed by atoms with Crippen molar-refractivity contribution in [2.75, 3.05) is 11.9 Å². The van der Waals surface area contributed by atoms with Crippen molar-refractivity contribution in [1.29, 1.82) is 0 Å². The fraction of sp³-hybridized carbons (Fsp3) is 0.333. The minimum Gasteiger partial charge on any atom is -0.382 e. The molecule has 106 valence electrons. The van der Waals surface area contributed by atoms with E-state index in [9.17, 15) is 4.79 Å². The van der Waals surface area contributed by atoms with Gasteiger partial charge in [-0.25, -0.2) is 4.68 Å². The summed E-state index contributed by atoms with van der Waals surface area (Å²) in [7, 11) is 0. The Bertz CT molecular complexity index is 610. The Morgan fingerprint density at radius 2 is 2.05 bits per heavy atom. The molecule has 0 fully saturated rings. The Morgan fingerprint density at radius 1 is 1.30 bits per heavy atom. The van der Waals surface area contributed by atoms with Gasteiger partial charge in [-0.2, -0.15) is 5.10 Å². The molecule has 0 aliphatic carbocycles. The van der Waals surface area contributed by atoms with Crippen molar-refractivity contribution >= 4 is 21.6 Å². The molecule has 0 spiro atoms. The summed E-state index contributed by atoms with van der Waals surface area (Å²) in [4.78, 5) is 12.0. The Labute approximate surface area is 127 Å². The van der Waals surface area contributed by atoms with Gasteiger partial charge in [0.25, 0.3) is 5.56 Å². The van der Waals surface area contributed by atoms with Gasteiger partial charge in [0.1, 0.15) is 4.47 Å². The van der Waals surface area contributed by atoms with Crippen LogP contribution >= 0.6 is 15.9 Å². The lowest BCUT2D eigenvalue weighted by atomic mass is 10.1. The molecular formula is C15H18BrN3O. The molecule has 4 nitrogen and oxygen atoms in total. The third-order valence-electron chi connectivity index (χ3n) is 2.99. The number of halogens is 1. The van der Waals surface area contributed by atoms with E-state index in [1.165, 1.54) is 10.2 Å². The van der Waals surface area contributed by atoms with Gasteiger partial charge in [0.2, 0.25) is 0 Å². The van der Waals surface area contributed by atoms with Crippen LogP contribution in [-0.2, 0) is 13.0 Å². The zero-order valence-electron chi connectivity index (χ0n) is 11.5. The standard InChI is InChI=1S/C15H18BrN3O/c1-2-10-19-15(20)14(16)13(11-18-19)17-9-8-12-6-4-3-5-7-12/h3-7,11,17H,2,8-10H2,1H3. The molecule has 0 atom stereocenters. The topological polar surface area (TPSA) is 46.9 Å². The predicted molar refractivity (Wildman–Crippen MR) is 85.1 cm³/mol. The summed E-state index contributed by atoms with van der Waals surface area (Å²) in [6.45, 7) is 3.43. The fourth-order valence-corrected chi connectivity index (χ4v) is 2.39. The summed E-state index contributed by atoms with van der Waals surface area (Å²) in [5, 5.41) is 7.41. The molecule has 20 heavy (non-hydrogen) atoms. The van der Waals surface area contributed by atoms with Crippen LogP contribution in [0.5, 0.6) is 0 Å². The molecule has 0 radical (unpaired) electrons. The monoisotopic (exact) mass is 335 g/mol. The third-order valence-corrected chi connectivity index (χ3v) is 3.76. The van der Waals surface area contributed by atoms with Crippen LogP contribution in [0.4, 0.5) is 5.69 Å². The van der Waals surface area contributed by atoms with E-state index in [0.717, 1.165) is 25.1 Å². The minimum absolute atomic E-state index is 0.0865. The van der Waals surface area contributed by atoms with Crippen molar-refractivity contribution in [3.63, 3.8) is 0 Å². The predicted octanol–water partition coefficient (Wildman–Crippen LogP) is 3.07. The van der Waals surface area contributed by atoms with Gasteiger partial charge in [-0.15, -0.1) is 0 Å². The number of hydrogen-bond donors (Lipinski definition) is 1. The second-order valence-corrected chi connectivity index (χ2v) is 5.36. The molecule has 0 bridgehead atoms. The molecule has 0 aliphatic rings. The number of rotatable bonds is 6. The zero-order chi connectivity index (χ0) is 14.4. The van der Waals surface area contributed by atoms with Gasteiger partial charge in [0.15, 0.2) is 0 Å². The molecule has 0 unspecified atom stereocenters. The number of aromatic nitrogens is 2. The maximum Gasteiger partial charge on any atom is 0.283 e. The van der Waals surface area contributed by atoms with Crippen LogP contribution < -0.4 is 10.9 Å². The first kappa shape index (κ1) is 14.8. The first-order chi connectivity index (χ1) is 9.72. The van der Waals surface area contributed by atoms with Gasteiger partial charge in [0, 0.05) is 13.1 Å². The van der Waals surface area contributed by atoms with E-state index in [0.29, 0.717) is 11.0 Å². The fourth-order valence-electron chi connectivity index (χ4n) is 1.95. The van der Waals surface area contributed by atoms with Crippen LogP contribution in [-0.4, -0.2) is 16.3 Å². The first-order valence-corrected chi connectivity index (χ1v) is 7.55. The Balaban J connectivity index is 2.00. The van der Waals surface area contributed by atoms with E-state index in [-0.39, 0.29) is 5.56 Å². The molecule has 2 rings (SSSR count). The van der Waals surface area contributed by atoms with Crippen molar-refractivity contribution in [3.05, 3.63) is 56.9 Å². The lowest BCUT2D eigenvalue weighted by molar-refractivity contribution is 0.566. The van der Waals surface area contributed by atoms with Gasteiger partial charge >= 0.3 is 0 Å². The zero-order valence-corrected chi connectivity index (χ0v) is 13.1.